The highest BCUT2D eigenvalue weighted by atomic mass is 79.9. The smallest absolute Gasteiger partial charge is 0.303 e. The van der Waals surface area contributed by atoms with Crippen LogP contribution < -0.4 is 0 Å². The highest BCUT2D eigenvalue weighted by Gasteiger charge is 2.45. The van der Waals surface area contributed by atoms with Gasteiger partial charge in [0.05, 0.1) is 6.61 Å². The van der Waals surface area contributed by atoms with Gasteiger partial charge in [0.1, 0.15) is 18.3 Å². The van der Waals surface area contributed by atoms with E-state index in [0.717, 1.165) is 0 Å². The molecule has 0 aromatic heterocycles. The third-order valence-electron chi connectivity index (χ3n) is 2.11. The van der Waals surface area contributed by atoms with E-state index in [1.165, 1.54) is 6.92 Å². The lowest BCUT2D eigenvalue weighted by molar-refractivity contribution is -0.216. The quantitative estimate of drug-likeness (QED) is 0.433. The molecule has 0 aliphatic carbocycles. The van der Waals surface area contributed by atoms with Gasteiger partial charge in [-0.1, -0.05) is 15.9 Å². The SMILES string of the molecule is CC(=O)O[C@@H]1[C@@H](O)[C@H](O)[C@@H](CO)O[C@@H]1Br. The first kappa shape index (κ1) is 12.9. The van der Waals surface area contributed by atoms with Crippen LogP contribution in [0.5, 0.6) is 0 Å². The lowest BCUT2D eigenvalue weighted by Gasteiger charge is -2.39. The predicted octanol–water partition coefficient (Wildman–Crippen LogP) is -1.25. The average molecular weight is 285 g/mol. The number of ether oxygens (including phenoxy) is 2. The number of carbonyl (C=O) groups is 1. The second kappa shape index (κ2) is 5.22. The molecule has 0 bridgehead atoms. The minimum atomic E-state index is -1.29. The van der Waals surface area contributed by atoms with Crippen molar-refractivity contribution in [1.29, 1.82) is 0 Å². The first-order valence-electron chi connectivity index (χ1n) is 4.41. The predicted molar refractivity (Wildman–Crippen MR) is 52.2 cm³/mol. The topological polar surface area (TPSA) is 96.2 Å². The lowest BCUT2D eigenvalue weighted by Crippen LogP contribution is -2.58. The molecule has 7 heteroatoms. The molecule has 88 valence electrons. The first-order valence-corrected chi connectivity index (χ1v) is 5.32. The summed E-state index contributed by atoms with van der Waals surface area (Å²) in [5, 5.41) is 27.2. The van der Waals surface area contributed by atoms with E-state index >= 15 is 0 Å². The van der Waals surface area contributed by atoms with E-state index in [1.54, 1.807) is 0 Å². The van der Waals surface area contributed by atoms with Crippen molar-refractivity contribution in [2.24, 2.45) is 0 Å². The molecule has 0 radical (unpaired) electrons. The second-order valence-corrected chi connectivity index (χ2v) is 4.17. The average Bonchev–Trinajstić information content (AvgIpc) is 2.18. The van der Waals surface area contributed by atoms with E-state index in [9.17, 15) is 15.0 Å². The summed E-state index contributed by atoms with van der Waals surface area (Å²) < 4.78 is 9.89. The van der Waals surface area contributed by atoms with Crippen LogP contribution in [0.3, 0.4) is 0 Å². The Kier molecular flexibility index (Phi) is 4.47. The Balaban J connectivity index is 2.70. The molecule has 1 aliphatic heterocycles. The number of carbonyl (C=O) groups excluding carboxylic acids is 1. The van der Waals surface area contributed by atoms with E-state index in [1.807, 2.05) is 0 Å². The zero-order valence-corrected chi connectivity index (χ0v) is 9.62. The van der Waals surface area contributed by atoms with E-state index in [4.69, 9.17) is 14.6 Å². The number of aliphatic hydroxyl groups excluding tert-OH is 3. The van der Waals surface area contributed by atoms with Gasteiger partial charge < -0.3 is 24.8 Å². The van der Waals surface area contributed by atoms with Crippen molar-refractivity contribution in [1.82, 2.24) is 0 Å². The van der Waals surface area contributed by atoms with Gasteiger partial charge in [-0.15, -0.1) is 0 Å². The Bertz CT molecular complexity index is 235. The largest absolute Gasteiger partial charge is 0.456 e. The molecule has 1 rings (SSSR count). The molecule has 15 heavy (non-hydrogen) atoms. The zero-order valence-electron chi connectivity index (χ0n) is 8.04. The molecule has 6 nitrogen and oxygen atoms in total. The third kappa shape index (κ3) is 2.88. The molecular formula is C8H13BrO6. The highest BCUT2D eigenvalue weighted by molar-refractivity contribution is 9.09. The van der Waals surface area contributed by atoms with Gasteiger partial charge in [-0.05, 0) is 0 Å². The molecule has 5 atom stereocenters. The maximum absolute atomic E-state index is 10.7. The van der Waals surface area contributed by atoms with Crippen LogP contribution in [0.4, 0.5) is 0 Å². The third-order valence-corrected chi connectivity index (χ3v) is 2.85. The summed E-state index contributed by atoms with van der Waals surface area (Å²) in [4.78, 5) is 10.7. The minimum Gasteiger partial charge on any atom is -0.456 e. The van der Waals surface area contributed by atoms with Gasteiger partial charge in [0.2, 0.25) is 0 Å². The van der Waals surface area contributed by atoms with E-state index < -0.39 is 42.0 Å². The molecule has 1 fully saturated rings. The van der Waals surface area contributed by atoms with Gasteiger partial charge >= 0.3 is 5.97 Å². The fourth-order valence-corrected chi connectivity index (χ4v) is 2.06. The van der Waals surface area contributed by atoms with Crippen molar-refractivity contribution in [2.45, 2.75) is 36.4 Å². The van der Waals surface area contributed by atoms with Gasteiger partial charge in [-0.25, -0.2) is 0 Å². The molecule has 0 amide bonds. The number of rotatable bonds is 2. The first-order chi connectivity index (χ1) is 6.97. The van der Waals surface area contributed by atoms with Crippen LogP contribution in [0.15, 0.2) is 0 Å². The fourth-order valence-electron chi connectivity index (χ4n) is 1.36. The standard InChI is InChI=1S/C8H13BrO6/c1-3(11)14-7-6(13)5(12)4(2-10)15-8(7)9/h4-8,10,12-13H,2H2,1H3/t4-,5-,6+,7-,8+/m1/s1. The summed E-state index contributed by atoms with van der Waals surface area (Å²) in [5.41, 5.74) is 0. The molecule has 0 saturated carbocycles. The maximum Gasteiger partial charge on any atom is 0.303 e. The summed E-state index contributed by atoms with van der Waals surface area (Å²) in [6.07, 6.45) is -4.45. The van der Waals surface area contributed by atoms with Crippen molar-refractivity contribution in [2.75, 3.05) is 6.61 Å². The summed E-state index contributed by atoms with van der Waals surface area (Å²) in [6, 6.07) is 0. The molecule has 0 aromatic carbocycles. The molecule has 0 spiro atoms. The Hall–Kier alpha value is -0.210. The van der Waals surface area contributed by atoms with Gasteiger partial charge in [-0.3, -0.25) is 4.79 Å². The van der Waals surface area contributed by atoms with E-state index in [0.29, 0.717) is 0 Å². The van der Waals surface area contributed by atoms with Crippen molar-refractivity contribution in [3.05, 3.63) is 0 Å². The molecule has 1 saturated heterocycles. The number of halogens is 1. The van der Waals surface area contributed by atoms with E-state index in [-0.39, 0.29) is 0 Å². The van der Waals surface area contributed by atoms with Crippen molar-refractivity contribution in [3.63, 3.8) is 0 Å². The summed E-state index contributed by atoms with van der Waals surface area (Å²) in [6.45, 7) is 0.768. The Morgan fingerprint density at radius 1 is 1.47 bits per heavy atom. The molecule has 3 N–H and O–H groups in total. The summed E-state index contributed by atoms with van der Waals surface area (Å²) >= 11 is 3.05. The van der Waals surface area contributed by atoms with E-state index in [2.05, 4.69) is 15.9 Å². The maximum atomic E-state index is 10.7. The van der Waals surface area contributed by atoms with Crippen molar-refractivity contribution >= 4 is 21.9 Å². The molecule has 0 aromatic rings. The Labute approximate surface area is 94.9 Å². The molecule has 1 aliphatic rings. The van der Waals surface area contributed by atoms with Gasteiger partial charge in [0.15, 0.2) is 11.1 Å². The summed E-state index contributed by atoms with van der Waals surface area (Å²) in [5.74, 6) is -0.582. The number of hydrogen-bond donors (Lipinski definition) is 3. The van der Waals surface area contributed by atoms with Crippen LogP contribution in [0.25, 0.3) is 0 Å². The normalized spacial score (nSPS) is 41.3. The number of hydrogen-bond acceptors (Lipinski definition) is 6. The zero-order chi connectivity index (χ0) is 11.6. The fraction of sp³-hybridized carbons (Fsp3) is 0.875. The number of alkyl halides is 1. The van der Waals surface area contributed by atoms with Gasteiger partial charge in [0, 0.05) is 6.92 Å². The van der Waals surface area contributed by atoms with Crippen molar-refractivity contribution in [3.8, 4) is 0 Å². The van der Waals surface area contributed by atoms with Crippen LogP contribution in [0, 0.1) is 0 Å². The van der Waals surface area contributed by atoms with Crippen molar-refractivity contribution < 1.29 is 29.6 Å². The second-order valence-electron chi connectivity index (χ2n) is 3.26. The number of esters is 1. The van der Waals surface area contributed by atoms with Crippen LogP contribution >= 0.6 is 15.9 Å². The van der Waals surface area contributed by atoms with Gasteiger partial charge in [-0.2, -0.15) is 0 Å². The molecule has 0 unspecified atom stereocenters. The summed E-state index contributed by atoms with van der Waals surface area (Å²) in [7, 11) is 0. The van der Waals surface area contributed by atoms with Crippen LogP contribution in [0.2, 0.25) is 0 Å². The lowest BCUT2D eigenvalue weighted by atomic mass is 10.0. The van der Waals surface area contributed by atoms with Crippen LogP contribution in [0.1, 0.15) is 6.92 Å². The minimum absolute atomic E-state index is 0.423. The Morgan fingerprint density at radius 3 is 2.53 bits per heavy atom. The Morgan fingerprint density at radius 2 is 2.07 bits per heavy atom. The highest BCUT2D eigenvalue weighted by Crippen LogP contribution is 2.26. The molecule has 1 heterocycles. The monoisotopic (exact) mass is 284 g/mol. The van der Waals surface area contributed by atoms with Gasteiger partial charge in [0.25, 0.3) is 0 Å². The number of aliphatic hydroxyl groups is 3. The van der Waals surface area contributed by atoms with Crippen LogP contribution in [-0.4, -0.2) is 57.3 Å². The van der Waals surface area contributed by atoms with Crippen LogP contribution in [-0.2, 0) is 14.3 Å². The molecular weight excluding hydrogens is 272 g/mol.